The number of nitrogens with zero attached hydrogens (tertiary/aromatic N) is 2. The number of hydrogen-bond donors (Lipinski definition) is 0. The van der Waals surface area contributed by atoms with Crippen molar-refractivity contribution in [3.05, 3.63) is 46.5 Å². The summed E-state index contributed by atoms with van der Waals surface area (Å²) < 4.78 is 27.2. The van der Waals surface area contributed by atoms with Crippen LogP contribution in [0.3, 0.4) is 0 Å². The van der Waals surface area contributed by atoms with Gasteiger partial charge in [-0.2, -0.15) is 0 Å². The summed E-state index contributed by atoms with van der Waals surface area (Å²) in [7, 11) is -3.58. The molecule has 0 unspecified atom stereocenters. The van der Waals surface area contributed by atoms with E-state index >= 15 is 0 Å². The summed E-state index contributed by atoms with van der Waals surface area (Å²) in [5, 5.41) is 0. The predicted octanol–water partition coefficient (Wildman–Crippen LogP) is 3.31. The summed E-state index contributed by atoms with van der Waals surface area (Å²) in [6.45, 7) is 5.83. The molecule has 2 rings (SSSR count). The average Bonchev–Trinajstić information content (AvgIpc) is 2.85. The molecule has 0 aliphatic heterocycles. The third kappa shape index (κ3) is 2.60. The highest BCUT2D eigenvalue weighted by atomic mass is 79.9. The van der Waals surface area contributed by atoms with E-state index in [1.165, 1.54) is 18.7 Å². The van der Waals surface area contributed by atoms with Crippen LogP contribution in [0.5, 0.6) is 0 Å². The smallest absolute Gasteiger partial charge is 0.244 e. The standard InChI is InChI=1S/C13H15BrN2O2S/c1-9(2)11-7-12(14)10(3)6-13(11)19(17,18)16-5-4-15-8-16/h4-9H,1-3H3. The van der Waals surface area contributed by atoms with Crippen molar-refractivity contribution in [2.45, 2.75) is 31.6 Å². The van der Waals surface area contributed by atoms with Crippen molar-refractivity contribution >= 4 is 26.0 Å². The molecule has 4 nitrogen and oxygen atoms in total. The van der Waals surface area contributed by atoms with Crippen LogP contribution in [0.1, 0.15) is 30.9 Å². The fraction of sp³-hybridized carbons (Fsp3) is 0.308. The van der Waals surface area contributed by atoms with Crippen molar-refractivity contribution in [3.63, 3.8) is 0 Å². The normalized spacial score (nSPS) is 12.1. The summed E-state index contributed by atoms with van der Waals surface area (Å²) in [5.41, 5.74) is 1.69. The van der Waals surface area contributed by atoms with E-state index in [0.717, 1.165) is 19.6 Å². The van der Waals surface area contributed by atoms with E-state index < -0.39 is 10.0 Å². The van der Waals surface area contributed by atoms with Crippen LogP contribution in [-0.4, -0.2) is 17.4 Å². The van der Waals surface area contributed by atoms with Gasteiger partial charge in [0.2, 0.25) is 0 Å². The Morgan fingerprint density at radius 1 is 1.32 bits per heavy atom. The lowest BCUT2D eigenvalue weighted by Crippen LogP contribution is -2.14. The van der Waals surface area contributed by atoms with Gasteiger partial charge in [0.25, 0.3) is 10.0 Å². The molecule has 0 radical (unpaired) electrons. The van der Waals surface area contributed by atoms with Gasteiger partial charge in [-0.25, -0.2) is 17.4 Å². The minimum Gasteiger partial charge on any atom is -0.244 e. The van der Waals surface area contributed by atoms with Crippen molar-refractivity contribution in [2.24, 2.45) is 0 Å². The summed E-state index contributed by atoms with van der Waals surface area (Å²) in [5.74, 6) is 0.116. The molecule has 0 saturated carbocycles. The first-order valence-corrected chi connectivity index (χ1v) is 8.11. The fourth-order valence-corrected chi connectivity index (χ4v) is 3.75. The topological polar surface area (TPSA) is 52.0 Å². The molecule has 1 aromatic heterocycles. The van der Waals surface area contributed by atoms with Gasteiger partial charge in [-0.05, 0) is 36.1 Å². The summed E-state index contributed by atoms with van der Waals surface area (Å²) in [6.07, 6.45) is 4.20. The number of benzene rings is 1. The van der Waals surface area contributed by atoms with Gasteiger partial charge in [-0.3, -0.25) is 0 Å². The molecule has 6 heteroatoms. The van der Waals surface area contributed by atoms with E-state index in [4.69, 9.17) is 0 Å². The van der Waals surface area contributed by atoms with Crippen molar-refractivity contribution < 1.29 is 8.42 Å². The van der Waals surface area contributed by atoms with Crippen LogP contribution in [0.4, 0.5) is 0 Å². The molecule has 0 fully saturated rings. The lowest BCUT2D eigenvalue weighted by molar-refractivity contribution is 0.584. The lowest BCUT2D eigenvalue weighted by atomic mass is 10.0. The maximum Gasteiger partial charge on any atom is 0.269 e. The number of hydrogen-bond acceptors (Lipinski definition) is 3. The van der Waals surface area contributed by atoms with Crippen molar-refractivity contribution in [1.29, 1.82) is 0 Å². The Hall–Kier alpha value is -1.14. The van der Waals surface area contributed by atoms with E-state index in [2.05, 4.69) is 20.9 Å². The van der Waals surface area contributed by atoms with E-state index in [1.807, 2.05) is 26.8 Å². The summed E-state index contributed by atoms with van der Waals surface area (Å²) >= 11 is 3.45. The quantitative estimate of drug-likeness (QED) is 0.859. The molecule has 0 spiro atoms. The molecule has 1 heterocycles. The van der Waals surface area contributed by atoms with Crippen LogP contribution in [0, 0.1) is 6.92 Å². The zero-order valence-electron chi connectivity index (χ0n) is 11.0. The van der Waals surface area contributed by atoms with Crippen molar-refractivity contribution in [3.8, 4) is 0 Å². The van der Waals surface area contributed by atoms with Crippen LogP contribution in [0.25, 0.3) is 0 Å². The second-order valence-electron chi connectivity index (χ2n) is 4.69. The zero-order chi connectivity index (χ0) is 14.2. The SMILES string of the molecule is Cc1cc(S(=O)(=O)n2ccnc2)c(C(C)C)cc1Br. The largest absolute Gasteiger partial charge is 0.269 e. The van der Waals surface area contributed by atoms with Crippen LogP contribution in [-0.2, 0) is 10.0 Å². The van der Waals surface area contributed by atoms with Crippen LogP contribution < -0.4 is 0 Å². The first-order valence-electron chi connectivity index (χ1n) is 5.87. The minimum absolute atomic E-state index is 0.116. The monoisotopic (exact) mass is 342 g/mol. The molecule has 0 aliphatic carbocycles. The van der Waals surface area contributed by atoms with Gasteiger partial charge in [0.15, 0.2) is 0 Å². The highest BCUT2D eigenvalue weighted by Gasteiger charge is 2.22. The summed E-state index contributed by atoms with van der Waals surface area (Å²) in [4.78, 5) is 4.14. The van der Waals surface area contributed by atoms with E-state index in [0.29, 0.717) is 4.90 Å². The molecule has 102 valence electrons. The maximum atomic E-state index is 12.6. The van der Waals surface area contributed by atoms with Gasteiger partial charge in [0, 0.05) is 16.9 Å². The van der Waals surface area contributed by atoms with E-state index in [-0.39, 0.29) is 5.92 Å². The van der Waals surface area contributed by atoms with Gasteiger partial charge in [-0.15, -0.1) is 0 Å². The minimum atomic E-state index is -3.58. The molecule has 1 aromatic carbocycles. The second-order valence-corrected chi connectivity index (χ2v) is 7.36. The third-order valence-corrected chi connectivity index (χ3v) is 5.48. The van der Waals surface area contributed by atoms with Crippen LogP contribution >= 0.6 is 15.9 Å². The molecular weight excluding hydrogens is 328 g/mol. The molecule has 0 atom stereocenters. The maximum absolute atomic E-state index is 12.6. The highest BCUT2D eigenvalue weighted by Crippen LogP contribution is 2.30. The van der Waals surface area contributed by atoms with Crippen molar-refractivity contribution in [2.75, 3.05) is 0 Å². The zero-order valence-corrected chi connectivity index (χ0v) is 13.4. The van der Waals surface area contributed by atoms with Gasteiger partial charge in [0.05, 0.1) is 4.90 Å². The molecule has 0 amide bonds. The molecule has 0 bridgehead atoms. The molecule has 19 heavy (non-hydrogen) atoms. The van der Waals surface area contributed by atoms with Crippen LogP contribution in [0.2, 0.25) is 0 Å². The Labute approximate surface area is 121 Å². The van der Waals surface area contributed by atoms with Gasteiger partial charge >= 0.3 is 0 Å². The highest BCUT2D eigenvalue weighted by molar-refractivity contribution is 9.10. The number of aromatic nitrogens is 2. The van der Waals surface area contributed by atoms with Gasteiger partial charge in [0.1, 0.15) is 6.33 Å². The first kappa shape index (κ1) is 14.3. The van der Waals surface area contributed by atoms with Gasteiger partial charge in [-0.1, -0.05) is 29.8 Å². The third-order valence-electron chi connectivity index (χ3n) is 2.95. The Balaban J connectivity index is 2.72. The Morgan fingerprint density at radius 2 is 2.00 bits per heavy atom. The average molecular weight is 343 g/mol. The number of aryl methyl sites for hydroxylation is 1. The van der Waals surface area contributed by atoms with E-state index in [1.54, 1.807) is 6.07 Å². The Morgan fingerprint density at radius 3 is 2.53 bits per heavy atom. The first-order chi connectivity index (χ1) is 8.84. The van der Waals surface area contributed by atoms with Gasteiger partial charge < -0.3 is 0 Å². The lowest BCUT2D eigenvalue weighted by Gasteiger charge is -2.15. The second kappa shape index (κ2) is 5.09. The predicted molar refractivity (Wildman–Crippen MR) is 77.8 cm³/mol. The molecule has 0 N–H and O–H groups in total. The molecule has 2 aromatic rings. The Bertz CT molecular complexity index is 692. The number of rotatable bonds is 3. The molecule has 0 aliphatic rings. The molecule has 0 saturated heterocycles. The van der Waals surface area contributed by atoms with E-state index in [9.17, 15) is 8.42 Å². The number of imidazole rings is 1. The van der Waals surface area contributed by atoms with Crippen molar-refractivity contribution in [1.82, 2.24) is 8.96 Å². The Kier molecular flexibility index (Phi) is 3.82. The fourth-order valence-electron chi connectivity index (χ4n) is 1.85. The molecular formula is C13H15BrN2O2S. The number of halogens is 1. The summed E-state index contributed by atoms with van der Waals surface area (Å²) in [6, 6.07) is 3.58. The van der Waals surface area contributed by atoms with Crippen LogP contribution in [0.15, 0.2) is 40.2 Å².